The van der Waals surface area contributed by atoms with Gasteiger partial charge in [0.25, 0.3) is 5.91 Å². The SMILES string of the molecule is COc1cccc(C(=O)N(C)c2ccc(Br)cn2)n1. The molecular formula is C13H12BrN3O2. The molecule has 2 aromatic heterocycles. The zero-order chi connectivity index (χ0) is 13.8. The van der Waals surface area contributed by atoms with Gasteiger partial charge in [-0.05, 0) is 34.1 Å². The number of halogens is 1. The molecule has 0 saturated heterocycles. The molecule has 0 spiro atoms. The lowest BCUT2D eigenvalue weighted by Gasteiger charge is -2.15. The molecule has 0 aliphatic carbocycles. The molecule has 2 aromatic rings. The number of amides is 1. The highest BCUT2D eigenvalue weighted by atomic mass is 79.9. The molecule has 2 heterocycles. The van der Waals surface area contributed by atoms with Crippen LogP contribution < -0.4 is 9.64 Å². The predicted molar refractivity (Wildman–Crippen MR) is 75.5 cm³/mol. The molecule has 5 nitrogen and oxygen atoms in total. The average Bonchev–Trinajstić information content (AvgIpc) is 2.46. The summed E-state index contributed by atoms with van der Waals surface area (Å²) in [6.07, 6.45) is 1.64. The van der Waals surface area contributed by atoms with Crippen molar-refractivity contribution in [3.63, 3.8) is 0 Å². The zero-order valence-electron chi connectivity index (χ0n) is 10.5. The van der Waals surface area contributed by atoms with E-state index in [-0.39, 0.29) is 5.91 Å². The second kappa shape index (κ2) is 5.79. The smallest absolute Gasteiger partial charge is 0.277 e. The molecular weight excluding hydrogens is 310 g/mol. The van der Waals surface area contributed by atoms with Crippen LogP contribution in [0.25, 0.3) is 0 Å². The van der Waals surface area contributed by atoms with E-state index in [1.807, 2.05) is 6.07 Å². The van der Waals surface area contributed by atoms with E-state index in [2.05, 4.69) is 25.9 Å². The minimum atomic E-state index is -0.242. The summed E-state index contributed by atoms with van der Waals surface area (Å²) in [5.41, 5.74) is 0.312. The molecule has 0 atom stereocenters. The highest BCUT2D eigenvalue weighted by Gasteiger charge is 2.16. The van der Waals surface area contributed by atoms with Gasteiger partial charge in [0.05, 0.1) is 7.11 Å². The van der Waals surface area contributed by atoms with Gasteiger partial charge in [0.15, 0.2) is 0 Å². The number of carbonyl (C=O) groups excluding carboxylic acids is 1. The summed E-state index contributed by atoms with van der Waals surface area (Å²) in [6, 6.07) is 8.63. The molecule has 0 aromatic carbocycles. The standard InChI is InChI=1S/C13H12BrN3O2/c1-17(11-7-6-9(14)8-15-11)13(18)10-4-3-5-12(16-10)19-2/h3-8H,1-2H3. The Hall–Kier alpha value is -1.95. The number of pyridine rings is 2. The van der Waals surface area contributed by atoms with Gasteiger partial charge in [0.1, 0.15) is 11.5 Å². The summed E-state index contributed by atoms with van der Waals surface area (Å²) in [5.74, 6) is 0.717. The average molecular weight is 322 g/mol. The summed E-state index contributed by atoms with van der Waals surface area (Å²) in [6.45, 7) is 0. The number of anilines is 1. The molecule has 19 heavy (non-hydrogen) atoms. The third-order valence-electron chi connectivity index (χ3n) is 2.51. The van der Waals surface area contributed by atoms with Crippen molar-refractivity contribution in [2.24, 2.45) is 0 Å². The first-order valence-corrected chi connectivity index (χ1v) is 6.32. The fourth-order valence-corrected chi connectivity index (χ4v) is 1.72. The van der Waals surface area contributed by atoms with Gasteiger partial charge in [0.2, 0.25) is 5.88 Å². The Labute approximate surface area is 119 Å². The van der Waals surface area contributed by atoms with E-state index in [1.54, 1.807) is 37.5 Å². The number of hydrogen-bond acceptors (Lipinski definition) is 4. The second-order valence-corrected chi connectivity index (χ2v) is 4.68. The maximum absolute atomic E-state index is 12.3. The topological polar surface area (TPSA) is 55.3 Å². The van der Waals surface area contributed by atoms with Gasteiger partial charge in [-0.1, -0.05) is 6.07 Å². The number of aromatic nitrogens is 2. The molecule has 0 unspecified atom stereocenters. The van der Waals surface area contributed by atoms with Crippen LogP contribution in [0.5, 0.6) is 5.88 Å². The third kappa shape index (κ3) is 3.08. The predicted octanol–water partition coefficient (Wildman–Crippen LogP) is 2.52. The van der Waals surface area contributed by atoms with E-state index in [4.69, 9.17) is 4.74 Å². The second-order valence-electron chi connectivity index (χ2n) is 3.76. The number of methoxy groups -OCH3 is 1. The molecule has 0 bridgehead atoms. The molecule has 0 radical (unpaired) electrons. The number of rotatable bonds is 3. The summed E-state index contributed by atoms with van der Waals surface area (Å²) in [7, 11) is 3.16. The van der Waals surface area contributed by atoms with Crippen molar-refractivity contribution < 1.29 is 9.53 Å². The van der Waals surface area contributed by atoms with Crippen LogP contribution in [0.4, 0.5) is 5.82 Å². The van der Waals surface area contributed by atoms with Crippen LogP contribution in [0.3, 0.4) is 0 Å². The monoisotopic (exact) mass is 321 g/mol. The lowest BCUT2D eigenvalue weighted by molar-refractivity contribution is 0.0986. The lowest BCUT2D eigenvalue weighted by Crippen LogP contribution is -2.27. The first-order chi connectivity index (χ1) is 9.11. The maximum atomic E-state index is 12.3. The highest BCUT2D eigenvalue weighted by Crippen LogP contribution is 2.16. The van der Waals surface area contributed by atoms with Crippen molar-refractivity contribution >= 4 is 27.7 Å². The number of nitrogens with zero attached hydrogens (tertiary/aromatic N) is 3. The van der Waals surface area contributed by atoms with Gasteiger partial charge in [-0.3, -0.25) is 9.69 Å². The van der Waals surface area contributed by atoms with E-state index in [0.29, 0.717) is 17.4 Å². The summed E-state index contributed by atoms with van der Waals surface area (Å²) >= 11 is 3.30. The van der Waals surface area contributed by atoms with Crippen molar-refractivity contribution in [1.82, 2.24) is 9.97 Å². The molecule has 0 N–H and O–H groups in total. The Morgan fingerprint density at radius 2 is 2.11 bits per heavy atom. The van der Waals surface area contributed by atoms with Crippen LogP contribution in [0.2, 0.25) is 0 Å². The van der Waals surface area contributed by atoms with Crippen LogP contribution in [0.1, 0.15) is 10.5 Å². The van der Waals surface area contributed by atoms with Gasteiger partial charge in [-0.15, -0.1) is 0 Å². The summed E-state index contributed by atoms with van der Waals surface area (Å²) < 4.78 is 5.86. The van der Waals surface area contributed by atoms with Crippen LogP contribution in [0, 0.1) is 0 Å². The molecule has 0 saturated carbocycles. The molecule has 98 valence electrons. The van der Waals surface area contributed by atoms with Gasteiger partial charge in [-0.25, -0.2) is 9.97 Å². The molecule has 6 heteroatoms. The first-order valence-electron chi connectivity index (χ1n) is 5.52. The van der Waals surface area contributed by atoms with Crippen molar-refractivity contribution in [3.05, 3.63) is 46.7 Å². The van der Waals surface area contributed by atoms with E-state index >= 15 is 0 Å². The molecule has 1 amide bonds. The van der Waals surface area contributed by atoms with E-state index in [1.165, 1.54) is 12.0 Å². The fraction of sp³-hybridized carbons (Fsp3) is 0.154. The molecule has 0 aliphatic heterocycles. The van der Waals surface area contributed by atoms with E-state index in [0.717, 1.165) is 4.47 Å². The fourth-order valence-electron chi connectivity index (χ4n) is 1.49. The Morgan fingerprint density at radius 1 is 1.32 bits per heavy atom. The molecule has 0 fully saturated rings. The summed E-state index contributed by atoms with van der Waals surface area (Å²) in [4.78, 5) is 22.0. The maximum Gasteiger partial charge on any atom is 0.277 e. The highest BCUT2D eigenvalue weighted by molar-refractivity contribution is 9.10. The van der Waals surface area contributed by atoms with Gasteiger partial charge >= 0.3 is 0 Å². The minimum Gasteiger partial charge on any atom is -0.481 e. The number of hydrogen-bond donors (Lipinski definition) is 0. The summed E-state index contributed by atoms with van der Waals surface area (Å²) in [5, 5.41) is 0. The van der Waals surface area contributed by atoms with Gasteiger partial charge in [0, 0.05) is 23.8 Å². The van der Waals surface area contributed by atoms with Crippen molar-refractivity contribution in [1.29, 1.82) is 0 Å². The van der Waals surface area contributed by atoms with Gasteiger partial charge in [-0.2, -0.15) is 0 Å². The Balaban J connectivity index is 2.25. The third-order valence-corrected chi connectivity index (χ3v) is 2.98. The largest absolute Gasteiger partial charge is 0.481 e. The van der Waals surface area contributed by atoms with E-state index < -0.39 is 0 Å². The van der Waals surface area contributed by atoms with Crippen molar-refractivity contribution in [2.75, 3.05) is 19.1 Å². The lowest BCUT2D eigenvalue weighted by atomic mass is 10.3. The number of ether oxygens (including phenoxy) is 1. The van der Waals surface area contributed by atoms with Crippen LogP contribution >= 0.6 is 15.9 Å². The minimum absolute atomic E-state index is 0.242. The van der Waals surface area contributed by atoms with Crippen molar-refractivity contribution in [2.45, 2.75) is 0 Å². The quantitative estimate of drug-likeness (QED) is 0.871. The zero-order valence-corrected chi connectivity index (χ0v) is 12.1. The normalized spacial score (nSPS) is 10.1. The Kier molecular flexibility index (Phi) is 4.11. The van der Waals surface area contributed by atoms with E-state index in [9.17, 15) is 4.79 Å². The van der Waals surface area contributed by atoms with Crippen molar-refractivity contribution in [3.8, 4) is 5.88 Å². The number of carbonyl (C=O) groups is 1. The Bertz CT molecular complexity index is 587. The Morgan fingerprint density at radius 3 is 2.74 bits per heavy atom. The van der Waals surface area contributed by atoms with Crippen LogP contribution in [-0.2, 0) is 0 Å². The van der Waals surface area contributed by atoms with Gasteiger partial charge < -0.3 is 4.74 Å². The first kappa shape index (κ1) is 13.5. The van der Waals surface area contributed by atoms with Crippen LogP contribution in [-0.4, -0.2) is 30.0 Å². The molecule has 2 rings (SSSR count). The van der Waals surface area contributed by atoms with Crippen LogP contribution in [0.15, 0.2) is 41.0 Å². The molecule has 0 aliphatic rings.